The Balaban J connectivity index is 1.40. The van der Waals surface area contributed by atoms with Crippen LogP contribution in [0.5, 0.6) is 11.5 Å². The Morgan fingerprint density at radius 2 is 1.74 bits per heavy atom. The summed E-state index contributed by atoms with van der Waals surface area (Å²) in [5, 5.41) is 4.43. The molecule has 1 amide bonds. The lowest BCUT2D eigenvalue weighted by molar-refractivity contribution is 0.0625. The van der Waals surface area contributed by atoms with Crippen molar-refractivity contribution in [3.63, 3.8) is 0 Å². The fourth-order valence-electron chi connectivity index (χ4n) is 3.94. The standard InChI is InChI=1S/C25H26Cl2N4O3/c1-33-21-5-6-22(23(15-21)34-2)25(32)31-10-8-30(9-11-31)16-17-4-3-7-28-24(17)29-20-13-18(26)12-19(27)14-20/h3-7,12-15H,8-11,16H2,1-2H3,(H,28,29). The highest BCUT2D eigenvalue weighted by molar-refractivity contribution is 6.35. The van der Waals surface area contributed by atoms with Crippen molar-refractivity contribution in [2.24, 2.45) is 0 Å². The highest BCUT2D eigenvalue weighted by Gasteiger charge is 2.25. The summed E-state index contributed by atoms with van der Waals surface area (Å²) in [4.78, 5) is 21.8. The molecule has 1 aliphatic heterocycles. The molecule has 1 N–H and O–H groups in total. The number of methoxy groups -OCH3 is 2. The Labute approximate surface area is 209 Å². The number of amides is 1. The fraction of sp³-hybridized carbons (Fsp3) is 0.280. The van der Waals surface area contributed by atoms with E-state index < -0.39 is 0 Å². The minimum absolute atomic E-state index is 0.0410. The van der Waals surface area contributed by atoms with Gasteiger partial charge in [0, 0.05) is 66.3 Å². The molecule has 1 aliphatic rings. The summed E-state index contributed by atoms with van der Waals surface area (Å²) in [6, 6.07) is 14.5. The Bertz CT molecular complexity index is 1150. The first kappa shape index (κ1) is 24.1. The lowest BCUT2D eigenvalue weighted by Gasteiger charge is -2.35. The molecule has 2 heterocycles. The molecule has 9 heteroatoms. The van der Waals surface area contributed by atoms with Gasteiger partial charge in [0.2, 0.25) is 0 Å². The highest BCUT2D eigenvalue weighted by Crippen LogP contribution is 2.28. The maximum Gasteiger partial charge on any atom is 0.257 e. The number of piperazine rings is 1. The molecule has 2 aromatic carbocycles. The van der Waals surface area contributed by atoms with E-state index >= 15 is 0 Å². The summed E-state index contributed by atoms with van der Waals surface area (Å²) < 4.78 is 10.6. The first-order valence-electron chi connectivity index (χ1n) is 10.9. The molecule has 7 nitrogen and oxygen atoms in total. The third-order valence-corrected chi connectivity index (χ3v) is 6.15. The molecule has 0 aliphatic carbocycles. The van der Waals surface area contributed by atoms with Crippen molar-refractivity contribution in [2.45, 2.75) is 6.54 Å². The van der Waals surface area contributed by atoms with Crippen LogP contribution in [-0.2, 0) is 6.54 Å². The number of anilines is 2. The van der Waals surface area contributed by atoms with Crippen molar-refractivity contribution < 1.29 is 14.3 Å². The fourth-order valence-corrected chi connectivity index (χ4v) is 4.46. The van der Waals surface area contributed by atoms with Gasteiger partial charge in [-0.1, -0.05) is 29.3 Å². The summed E-state index contributed by atoms with van der Waals surface area (Å²) in [5.41, 5.74) is 2.37. The second-order valence-corrected chi connectivity index (χ2v) is 8.80. The zero-order valence-electron chi connectivity index (χ0n) is 19.1. The van der Waals surface area contributed by atoms with Crippen LogP contribution < -0.4 is 14.8 Å². The minimum Gasteiger partial charge on any atom is -0.497 e. The van der Waals surface area contributed by atoms with Crippen molar-refractivity contribution in [2.75, 3.05) is 45.7 Å². The number of nitrogens with zero attached hydrogens (tertiary/aromatic N) is 3. The van der Waals surface area contributed by atoms with E-state index in [1.807, 2.05) is 29.2 Å². The largest absolute Gasteiger partial charge is 0.497 e. The monoisotopic (exact) mass is 500 g/mol. The normalized spacial score (nSPS) is 14.1. The van der Waals surface area contributed by atoms with Gasteiger partial charge in [0.1, 0.15) is 17.3 Å². The van der Waals surface area contributed by atoms with Gasteiger partial charge in [-0.05, 0) is 36.4 Å². The van der Waals surface area contributed by atoms with E-state index in [0.29, 0.717) is 46.7 Å². The van der Waals surface area contributed by atoms with Crippen LogP contribution in [0.2, 0.25) is 10.0 Å². The second-order valence-electron chi connectivity index (χ2n) is 7.93. The van der Waals surface area contributed by atoms with E-state index in [0.717, 1.165) is 30.2 Å². The molecule has 0 spiro atoms. The number of nitrogens with one attached hydrogen (secondary N) is 1. The van der Waals surface area contributed by atoms with Gasteiger partial charge < -0.3 is 19.7 Å². The quantitative estimate of drug-likeness (QED) is 0.486. The van der Waals surface area contributed by atoms with Crippen molar-refractivity contribution in [1.82, 2.24) is 14.8 Å². The number of carbonyl (C=O) groups is 1. The second kappa shape index (κ2) is 11.0. The molecule has 0 unspecified atom stereocenters. The highest BCUT2D eigenvalue weighted by atomic mass is 35.5. The molecule has 0 atom stereocenters. The van der Waals surface area contributed by atoms with Crippen molar-refractivity contribution >= 4 is 40.6 Å². The van der Waals surface area contributed by atoms with Crippen LogP contribution in [0, 0.1) is 0 Å². The van der Waals surface area contributed by atoms with Crippen LogP contribution in [0.25, 0.3) is 0 Å². The Kier molecular flexibility index (Phi) is 7.77. The van der Waals surface area contributed by atoms with Gasteiger partial charge in [-0.25, -0.2) is 4.98 Å². The van der Waals surface area contributed by atoms with E-state index in [2.05, 4.69) is 15.2 Å². The van der Waals surface area contributed by atoms with Crippen molar-refractivity contribution in [3.8, 4) is 11.5 Å². The van der Waals surface area contributed by atoms with E-state index in [9.17, 15) is 4.79 Å². The van der Waals surface area contributed by atoms with Gasteiger partial charge in [-0.3, -0.25) is 9.69 Å². The average Bonchev–Trinajstić information content (AvgIpc) is 2.84. The van der Waals surface area contributed by atoms with Gasteiger partial charge in [0.25, 0.3) is 5.91 Å². The topological polar surface area (TPSA) is 66.9 Å². The van der Waals surface area contributed by atoms with Crippen molar-refractivity contribution in [3.05, 3.63) is 75.9 Å². The summed E-state index contributed by atoms with van der Waals surface area (Å²) in [6.45, 7) is 3.46. The Morgan fingerprint density at radius 3 is 2.41 bits per heavy atom. The van der Waals surface area contributed by atoms with E-state index in [1.165, 1.54) is 0 Å². The summed E-state index contributed by atoms with van der Waals surface area (Å²) >= 11 is 12.3. The van der Waals surface area contributed by atoms with Crippen LogP contribution in [0.4, 0.5) is 11.5 Å². The molecule has 1 fully saturated rings. The van der Waals surface area contributed by atoms with Crippen LogP contribution in [0.1, 0.15) is 15.9 Å². The lowest BCUT2D eigenvalue weighted by atomic mass is 10.1. The van der Waals surface area contributed by atoms with E-state index in [1.54, 1.807) is 44.7 Å². The Hall–Kier alpha value is -3.00. The zero-order chi connectivity index (χ0) is 24.1. The number of carbonyl (C=O) groups excluding carboxylic acids is 1. The smallest absolute Gasteiger partial charge is 0.257 e. The SMILES string of the molecule is COc1ccc(C(=O)N2CCN(Cc3cccnc3Nc3cc(Cl)cc(Cl)c3)CC2)c(OC)c1. The van der Waals surface area contributed by atoms with Gasteiger partial charge in [-0.2, -0.15) is 0 Å². The number of hydrogen-bond donors (Lipinski definition) is 1. The molecular weight excluding hydrogens is 475 g/mol. The number of hydrogen-bond acceptors (Lipinski definition) is 6. The van der Waals surface area contributed by atoms with E-state index in [-0.39, 0.29) is 5.91 Å². The summed E-state index contributed by atoms with van der Waals surface area (Å²) in [6.07, 6.45) is 1.75. The molecule has 0 radical (unpaired) electrons. The number of aromatic nitrogens is 1. The zero-order valence-corrected chi connectivity index (χ0v) is 20.6. The first-order valence-corrected chi connectivity index (χ1v) is 11.6. The lowest BCUT2D eigenvalue weighted by Crippen LogP contribution is -2.48. The van der Waals surface area contributed by atoms with Gasteiger partial charge >= 0.3 is 0 Å². The Morgan fingerprint density at radius 1 is 1.00 bits per heavy atom. The van der Waals surface area contributed by atoms with Crippen LogP contribution >= 0.6 is 23.2 Å². The van der Waals surface area contributed by atoms with E-state index in [4.69, 9.17) is 32.7 Å². The molecule has 34 heavy (non-hydrogen) atoms. The number of ether oxygens (including phenoxy) is 2. The maximum atomic E-state index is 13.1. The molecule has 4 rings (SSSR count). The first-order chi connectivity index (χ1) is 16.5. The van der Waals surface area contributed by atoms with Gasteiger partial charge in [0.15, 0.2) is 0 Å². The molecular formula is C25H26Cl2N4O3. The predicted molar refractivity (Wildman–Crippen MR) is 135 cm³/mol. The average molecular weight is 501 g/mol. The molecule has 3 aromatic rings. The predicted octanol–water partition coefficient (Wildman–Crippen LogP) is 5.11. The van der Waals surface area contributed by atoms with Gasteiger partial charge in [0.05, 0.1) is 19.8 Å². The molecule has 0 bridgehead atoms. The van der Waals surface area contributed by atoms with Gasteiger partial charge in [-0.15, -0.1) is 0 Å². The van der Waals surface area contributed by atoms with Crippen LogP contribution in [-0.4, -0.2) is 61.1 Å². The number of pyridine rings is 1. The number of benzene rings is 2. The van der Waals surface area contributed by atoms with Crippen LogP contribution in [0.15, 0.2) is 54.7 Å². The maximum absolute atomic E-state index is 13.1. The molecule has 178 valence electrons. The summed E-state index contributed by atoms with van der Waals surface area (Å²) in [7, 11) is 3.14. The molecule has 0 saturated carbocycles. The number of rotatable bonds is 7. The third kappa shape index (κ3) is 5.73. The number of halogens is 2. The van der Waals surface area contributed by atoms with Crippen molar-refractivity contribution in [1.29, 1.82) is 0 Å². The molecule has 1 aromatic heterocycles. The third-order valence-electron chi connectivity index (χ3n) is 5.71. The minimum atomic E-state index is -0.0410. The molecule has 1 saturated heterocycles. The van der Waals surface area contributed by atoms with Crippen LogP contribution in [0.3, 0.4) is 0 Å². The summed E-state index contributed by atoms with van der Waals surface area (Å²) in [5.74, 6) is 1.88.